The van der Waals surface area contributed by atoms with Crippen molar-refractivity contribution in [2.24, 2.45) is 5.92 Å². The summed E-state index contributed by atoms with van der Waals surface area (Å²) >= 11 is 0. The van der Waals surface area contributed by atoms with Crippen LogP contribution in [0.1, 0.15) is 25.8 Å². The summed E-state index contributed by atoms with van der Waals surface area (Å²) in [6.07, 6.45) is 1.65. The molecule has 0 aliphatic rings. The molecular weight excluding hydrogens is 208 g/mol. The lowest BCUT2D eigenvalue weighted by atomic mass is 10.0. The van der Waals surface area contributed by atoms with E-state index in [0.717, 1.165) is 25.6 Å². The van der Waals surface area contributed by atoms with Crippen LogP contribution >= 0.6 is 0 Å². The van der Waals surface area contributed by atoms with E-state index in [1.54, 1.807) is 0 Å². The standard InChI is InChI=1S/C13H19F2N/c1-3-6-16-9-10(2)7-11-8-12(14)4-5-13(11)15/h4-5,8,10,16H,3,6-7,9H2,1-2H3. The normalized spacial score (nSPS) is 12.8. The van der Waals surface area contributed by atoms with E-state index < -0.39 is 0 Å². The highest BCUT2D eigenvalue weighted by atomic mass is 19.1. The quantitative estimate of drug-likeness (QED) is 0.736. The molecule has 0 heterocycles. The molecule has 1 aromatic rings. The zero-order chi connectivity index (χ0) is 12.0. The first-order chi connectivity index (χ1) is 7.63. The molecule has 0 aromatic heterocycles. The summed E-state index contributed by atoms with van der Waals surface area (Å²) in [5.41, 5.74) is 0.464. The SMILES string of the molecule is CCCNCC(C)Cc1cc(F)ccc1F. The van der Waals surface area contributed by atoms with Crippen LogP contribution in [-0.2, 0) is 6.42 Å². The molecule has 0 bridgehead atoms. The fourth-order valence-electron chi connectivity index (χ4n) is 1.67. The van der Waals surface area contributed by atoms with Crippen LogP contribution in [0.4, 0.5) is 8.78 Å². The van der Waals surface area contributed by atoms with Gasteiger partial charge in [0.1, 0.15) is 11.6 Å². The van der Waals surface area contributed by atoms with Crippen molar-refractivity contribution >= 4 is 0 Å². The monoisotopic (exact) mass is 227 g/mol. The number of nitrogens with one attached hydrogen (secondary N) is 1. The average Bonchev–Trinajstić information content (AvgIpc) is 2.24. The molecule has 1 N–H and O–H groups in total. The number of benzene rings is 1. The van der Waals surface area contributed by atoms with Gasteiger partial charge in [0, 0.05) is 0 Å². The van der Waals surface area contributed by atoms with Gasteiger partial charge in [-0.15, -0.1) is 0 Å². The Balaban J connectivity index is 2.48. The summed E-state index contributed by atoms with van der Waals surface area (Å²) in [5, 5.41) is 3.27. The van der Waals surface area contributed by atoms with Crippen molar-refractivity contribution in [3.8, 4) is 0 Å². The first-order valence-electron chi connectivity index (χ1n) is 5.78. The van der Waals surface area contributed by atoms with E-state index in [0.29, 0.717) is 17.9 Å². The molecule has 1 atom stereocenters. The Labute approximate surface area is 95.9 Å². The van der Waals surface area contributed by atoms with E-state index in [1.807, 2.05) is 6.92 Å². The third-order valence-corrected chi connectivity index (χ3v) is 2.50. The summed E-state index contributed by atoms with van der Waals surface area (Å²) in [4.78, 5) is 0. The third kappa shape index (κ3) is 4.27. The summed E-state index contributed by atoms with van der Waals surface area (Å²) in [7, 11) is 0. The van der Waals surface area contributed by atoms with E-state index in [-0.39, 0.29) is 11.6 Å². The van der Waals surface area contributed by atoms with Gasteiger partial charge in [-0.3, -0.25) is 0 Å². The zero-order valence-corrected chi connectivity index (χ0v) is 9.89. The van der Waals surface area contributed by atoms with Gasteiger partial charge in [-0.25, -0.2) is 8.78 Å². The topological polar surface area (TPSA) is 12.0 Å². The summed E-state index contributed by atoms with van der Waals surface area (Å²) in [5.74, 6) is -0.378. The van der Waals surface area contributed by atoms with Gasteiger partial charge in [0.15, 0.2) is 0 Å². The van der Waals surface area contributed by atoms with Crippen LogP contribution in [0.5, 0.6) is 0 Å². The number of hydrogen-bond donors (Lipinski definition) is 1. The summed E-state index contributed by atoms with van der Waals surface area (Å²) < 4.78 is 26.3. The maximum absolute atomic E-state index is 13.3. The first-order valence-corrected chi connectivity index (χ1v) is 5.78. The molecule has 90 valence electrons. The molecule has 16 heavy (non-hydrogen) atoms. The maximum atomic E-state index is 13.3. The van der Waals surface area contributed by atoms with Crippen LogP contribution in [0, 0.1) is 17.6 Å². The van der Waals surface area contributed by atoms with Crippen molar-refractivity contribution in [1.82, 2.24) is 5.32 Å². The van der Waals surface area contributed by atoms with Gasteiger partial charge in [0.25, 0.3) is 0 Å². The summed E-state index contributed by atoms with van der Waals surface area (Å²) in [6, 6.07) is 3.63. The first kappa shape index (κ1) is 13.1. The van der Waals surface area contributed by atoms with E-state index in [9.17, 15) is 8.78 Å². The van der Waals surface area contributed by atoms with Gasteiger partial charge in [-0.1, -0.05) is 13.8 Å². The number of halogens is 2. The van der Waals surface area contributed by atoms with Gasteiger partial charge in [-0.2, -0.15) is 0 Å². The fourth-order valence-corrected chi connectivity index (χ4v) is 1.67. The van der Waals surface area contributed by atoms with Crippen LogP contribution in [-0.4, -0.2) is 13.1 Å². The lowest BCUT2D eigenvalue weighted by Gasteiger charge is -2.12. The Kier molecular flexibility index (Phi) is 5.39. The Morgan fingerprint density at radius 2 is 2.06 bits per heavy atom. The fraction of sp³-hybridized carbons (Fsp3) is 0.538. The van der Waals surface area contributed by atoms with Crippen molar-refractivity contribution in [2.75, 3.05) is 13.1 Å². The average molecular weight is 227 g/mol. The summed E-state index contributed by atoms with van der Waals surface area (Å²) in [6.45, 7) is 5.94. The predicted octanol–water partition coefficient (Wildman–Crippen LogP) is 3.14. The number of rotatable bonds is 6. The third-order valence-electron chi connectivity index (χ3n) is 2.50. The maximum Gasteiger partial charge on any atom is 0.126 e. The Morgan fingerprint density at radius 3 is 2.75 bits per heavy atom. The molecule has 3 heteroatoms. The lowest BCUT2D eigenvalue weighted by molar-refractivity contribution is 0.493. The van der Waals surface area contributed by atoms with E-state index in [1.165, 1.54) is 12.1 Å². The lowest BCUT2D eigenvalue weighted by Crippen LogP contribution is -2.23. The van der Waals surface area contributed by atoms with Gasteiger partial charge in [-0.05, 0) is 55.6 Å². The second-order valence-electron chi connectivity index (χ2n) is 4.25. The smallest absolute Gasteiger partial charge is 0.126 e. The molecule has 0 saturated heterocycles. The minimum absolute atomic E-state index is 0.308. The van der Waals surface area contributed by atoms with Crippen LogP contribution in [0.15, 0.2) is 18.2 Å². The van der Waals surface area contributed by atoms with Crippen LogP contribution in [0.25, 0.3) is 0 Å². The minimum atomic E-state index is -0.370. The second-order valence-corrected chi connectivity index (χ2v) is 4.25. The Hall–Kier alpha value is -0.960. The molecule has 0 aliphatic heterocycles. The van der Waals surface area contributed by atoms with Crippen LogP contribution < -0.4 is 5.32 Å². The second kappa shape index (κ2) is 6.59. The van der Waals surface area contributed by atoms with Crippen LogP contribution in [0.2, 0.25) is 0 Å². The highest BCUT2D eigenvalue weighted by Crippen LogP contribution is 2.14. The van der Waals surface area contributed by atoms with E-state index >= 15 is 0 Å². The Bertz CT molecular complexity index is 326. The van der Waals surface area contributed by atoms with Crippen molar-refractivity contribution in [3.63, 3.8) is 0 Å². The molecular formula is C13H19F2N. The molecule has 1 aromatic carbocycles. The molecule has 0 amide bonds. The molecule has 0 saturated carbocycles. The molecule has 0 radical (unpaired) electrons. The van der Waals surface area contributed by atoms with E-state index in [2.05, 4.69) is 12.2 Å². The van der Waals surface area contributed by atoms with Crippen molar-refractivity contribution < 1.29 is 8.78 Å². The van der Waals surface area contributed by atoms with Crippen LogP contribution in [0.3, 0.4) is 0 Å². The van der Waals surface area contributed by atoms with Crippen molar-refractivity contribution in [3.05, 3.63) is 35.4 Å². The zero-order valence-electron chi connectivity index (χ0n) is 9.89. The molecule has 1 nitrogen and oxygen atoms in total. The Morgan fingerprint density at radius 1 is 1.31 bits per heavy atom. The van der Waals surface area contributed by atoms with Gasteiger partial charge in [0.05, 0.1) is 0 Å². The highest BCUT2D eigenvalue weighted by molar-refractivity contribution is 5.19. The molecule has 1 unspecified atom stereocenters. The highest BCUT2D eigenvalue weighted by Gasteiger charge is 2.08. The molecule has 0 aliphatic carbocycles. The largest absolute Gasteiger partial charge is 0.316 e. The van der Waals surface area contributed by atoms with Gasteiger partial charge >= 0.3 is 0 Å². The van der Waals surface area contributed by atoms with Gasteiger partial charge < -0.3 is 5.32 Å². The van der Waals surface area contributed by atoms with Gasteiger partial charge in [0.2, 0.25) is 0 Å². The molecule has 0 fully saturated rings. The van der Waals surface area contributed by atoms with E-state index in [4.69, 9.17) is 0 Å². The van der Waals surface area contributed by atoms with Crippen molar-refractivity contribution in [2.45, 2.75) is 26.7 Å². The predicted molar refractivity (Wildman–Crippen MR) is 62.4 cm³/mol. The van der Waals surface area contributed by atoms with Crippen molar-refractivity contribution in [1.29, 1.82) is 0 Å². The molecule has 1 rings (SSSR count). The minimum Gasteiger partial charge on any atom is -0.316 e. The molecule has 0 spiro atoms. The number of hydrogen-bond acceptors (Lipinski definition) is 1.